The average molecular weight is 418 g/mol. The largest absolute Gasteiger partial charge is 0.488 e. The summed E-state index contributed by atoms with van der Waals surface area (Å²) in [4.78, 5) is 2.24. The minimum Gasteiger partial charge on any atom is -0.488 e. The molecule has 1 saturated heterocycles. The van der Waals surface area contributed by atoms with E-state index in [1.807, 2.05) is 31.3 Å². The molecule has 5 rings (SSSR count). The number of hydrogen-bond acceptors (Lipinski definition) is 7. The first-order chi connectivity index (χ1) is 14.0. The lowest BCUT2D eigenvalue weighted by Crippen LogP contribution is -2.60. The van der Waals surface area contributed by atoms with Gasteiger partial charge in [0.1, 0.15) is 18.0 Å². The van der Waals surface area contributed by atoms with E-state index < -0.39 is 15.6 Å². The Labute approximate surface area is 169 Å². The second kappa shape index (κ2) is 6.79. The van der Waals surface area contributed by atoms with Crippen molar-refractivity contribution in [1.82, 2.24) is 4.31 Å². The van der Waals surface area contributed by atoms with Gasteiger partial charge in [-0.1, -0.05) is 12.1 Å². The molecule has 9 heteroatoms. The van der Waals surface area contributed by atoms with Crippen LogP contribution in [0.5, 0.6) is 17.2 Å². The monoisotopic (exact) mass is 418 g/mol. The summed E-state index contributed by atoms with van der Waals surface area (Å²) in [5, 5.41) is 0. The third-order valence-corrected chi connectivity index (χ3v) is 7.33. The Morgan fingerprint density at radius 1 is 0.966 bits per heavy atom. The molecule has 2 aromatic rings. The first kappa shape index (κ1) is 18.5. The fourth-order valence-corrected chi connectivity index (χ4v) is 5.57. The minimum atomic E-state index is -3.71. The van der Waals surface area contributed by atoms with Crippen LogP contribution in [-0.4, -0.2) is 65.0 Å². The standard InChI is InChI=1S/C20H22N2O6S/c1-21-11-20(13-25-17-5-3-2-4-16(17)21)12-22(8-9-28-20)29(23,24)15-6-7-18-19(10-15)27-14-26-18/h2-7,10H,8-9,11-14H2,1H3. The first-order valence-corrected chi connectivity index (χ1v) is 10.9. The van der Waals surface area contributed by atoms with Gasteiger partial charge in [-0.3, -0.25) is 0 Å². The van der Waals surface area contributed by atoms with Crippen molar-refractivity contribution in [2.24, 2.45) is 0 Å². The molecule has 154 valence electrons. The van der Waals surface area contributed by atoms with Gasteiger partial charge in [0.2, 0.25) is 16.8 Å². The van der Waals surface area contributed by atoms with Gasteiger partial charge in [0.15, 0.2) is 11.5 Å². The maximum atomic E-state index is 13.3. The molecule has 3 aliphatic heterocycles. The van der Waals surface area contributed by atoms with E-state index in [-0.39, 0.29) is 31.4 Å². The lowest BCUT2D eigenvalue weighted by Gasteiger charge is -2.42. The predicted molar refractivity (Wildman–Crippen MR) is 105 cm³/mol. The van der Waals surface area contributed by atoms with Gasteiger partial charge in [-0.2, -0.15) is 4.31 Å². The number of likely N-dealkylation sites (N-methyl/N-ethyl adjacent to an activating group) is 1. The van der Waals surface area contributed by atoms with Gasteiger partial charge in [0, 0.05) is 26.2 Å². The molecule has 0 aromatic heterocycles. The second-order valence-electron chi connectivity index (χ2n) is 7.50. The van der Waals surface area contributed by atoms with Crippen molar-refractivity contribution in [2.45, 2.75) is 10.5 Å². The Bertz CT molecular complexity index is 1040. The Morgan fingerprint density at radius 3 is 2.69 bits per heavy atom. The van der Waals surface area contributed by atoms with Crippen molar-refractivity contribution >= 4 is 15.7 Å². The van der Waals surface area contributed by atoms with Gasteiger partial charge in [-0.05, 0) is 24.3 Å². The van der Waals surface area contributed by atoms with Crippen LogP contribution in [0.25, 0.3) is 0 Å². The number of anilines is 1. The number of morpholine rings is 1. The summed E-state index contributed by atoms with van der Waals surface area (Å²) < 4.78 is 50.9. The molecule has 29 heavy (non-hydrogen) atoms. The zero-order valence-corrected chi connectivity index (χ0v) is 16.9. The highest BCUT2D eigenvalue weighted by Crippen LogP contribution is 2.37. The highest BCUT2D eigenvalue weighted by molar-refractivity contribution is 7.89. The molecule has 8 nitrogen and oxygen atoms in total. The minimum absolute atomic E-state index is 0.101. The number of para-hydroxylation sites is 2. The van der Waals surface area contributed by atoms with E-state index >= 15 is 0 Å². The van der Waals surface area contributed by atoms with Crippen molar-refractivity contribution in [1.29, 1.82) is 0 Å². The van der Waals surface area contributed by atoms with Crippen LogP contribution in [0.2, 0.25) is 0 Å². The number of ether oxygens (including phenoxy) is 4. The number of rotatable bonds is 2. The first-order valence-electron chi connectivity index (χ1n) is 9.44. The molecular weight excluding hydrogens is 396 g/mol. The fourth-order valence-electron chi connectivity index (χ4n) is 4.05. The lowest BCUT2D eigenvalue weighted by molar-refractivity contribution is -0.102. The molecule has 0 amide bonds. The Kier molecular flexibility index (Phi) is 4.34. The van der Waals surface area contributed by atoms with E-state index in [0.29, 0.717) is 24.7 Å². The molecule has 1 spiro atoms. The molecule has 0 N–H and O–H groups in total. The molecule has 0 aliphatic carbocycles. The van der Waals surface area contributed by atoms with Gasteiger partial charge < -0.3 is 23.8 Å². The molecule has 2 aromatic carbocycles. The summed E-state index contributed by atoms with van der Waals surface area (Å²) in [6.45, 7) is 1.71. The van der Waals surface area contributed by atoms with Gasteiger partial charge in [0.05, 0.1) is 23.7 Å². The number of sulfonamides is 1. The molecule has 0 radical (unpaired) electrons. The van der Waals surface area contributed by atoms with Crippen LogP contribution in [0.4, 0.5) is 5.69 Å². The predicted octanol–water partition coefficient (Wildman–Crippen LogP) is 1.70. The molecule has 3 heterocycles. The SMILES string of the molecule is CN1CC2(COc3ccccc31)CN(S(=O)(=O)c1ccc3c(c1)OCO3)CCO2. The lowest BCUT2D eigenvalue weighted by atomic mass is 10.0. The zero-order chi connectivity index (χ0) is 20.1. The Hall–Kier alpha value is -2.49. The third kappa shape index (κ3) is 3.19. The van der Waals surface area contributed by atoms with Crippen molar-refractivity contribution < 1.29 is 27.4 Å². The summed E-state index contributed by atoms with van der Waals surface area (Å²) in [5.74, 6) is 1.77. The van der Waals surface area contributed by atoms with E-state index in [1.54, 1.807) is 12.1 Å². The van der Waals surface area contributed by atoms with Crippen LogP contribution < -0.4 is 19.1 Å². The molecule has 0 saturated carbocycles. The van der Waals surface area contributed by atoms with Crippen LogP contribution in [0.1, 0.15) is 0 Å². The smallest absolute Gasteiger partial charge is 0.243 e. The van der Waals surface area contributed by atoms with Gasteiger partial charge in [-0.15, -0.1) is 0 Å². The molecule has 0 bridgehead atoms. The average Bonchev–Trinajstić information content (AvgIpc) is 3.16. The summed E-state index contributed by atoms with van der Waals surface area (Å²) in [5.41, 5.74) is 0.207. The van der Waals surface area contributed by atoms with Crippen molar-refractivity contribution in [3.63, 3.8) is 0 Å². The van der Waals surface area contributed by atoms with Gasteiger partial charge in [-0.25, -0.2) is 8.42 Å². The quantitative estimate of drug-likeness (QED) is 0.735. The maximum absolute atomic E-state index is 13.3. The topological polar surface area (TPSA) is 77.5 Å². The van der Waals surface area contributed by atoms with E-state index in [2.05, 4.69) is 4.90 Å². The highest BCUT2D eigenvalue weighted by Gasteiger charge is 2.44. The van der Waals surface area contributed by atoms with Gasteiger partial charge in [0.25, 0.3) is 0 Å². The van der Waals surface area contributed by atoms with Crippen LogP contribution in [0.3, 0.4) is 0 Å². The number of hydrogen-bond donors (Lipinski definition) is 0. The van der Waals surface area contributed by atoms with Gasteiger partial charge >= 0.3 is 0 Å². The molecule has 3 aliphatic rings. The maximum Gasteiger partial charge on any atom is 0.243 e. The molecular formula is C20H22N2O6S. The van der Waals surface area contributed by atoms with Crippen molar-refractivity contribution in [3.8, 4) is 17.2 Å². The van der Waals surface area contributed by atoms with E-state index in [1.165, 1.54) is 10.4 Å². The molecule has 1 unspecified atom stereocenters. The van der Waals surface area contributed by atoms with Crippen LogP contribution >= 0.6 is 0 Å². The van der Waals surface area contributed by atoms with Crippen LogP contribution in [0, 0.1) is 0 Å². The fraction of sp³-hybridized carbons (Fsp3) is 0.400. The van der Waals surface area contributed by atoms with Crippen molar-refractivity contribution in [2.75, 3.05) is 51.6 Å². The summed E-state index contributed by atoms with van der Waals surface area (Å²) in [6, 6.07) is 12.5. The second-order valence-corrected chi connectivity index (χ2v) is 9.44. The van der Waals surface area contributed by atoms with E-state index in [0.717, 1.165) is 11.4 Å². The Balaban J connectivity index is 1.42. The van der Waals surface area contributed by atoms with Crippen LogP contribution in [0.15, 0.2) is 47.4 Å². The third-order valence-electron chi connectivity index (χ3n) is 5.49. The number of benzene rings is 2. The summed E-state index contributed by atoms with van der Waals surface area (Å²) in [6.07, 6.45) is 0. The molecule has 1 fully saturated rings. The summed E-state index contributed by atoms with van der Waals surface area (Å²) in [7, 11) is -1.75. The summed E-state index contributed by atoms with van der Waals surface area (Å²) >= 11 is 0. The number of nitrogens with zero attached hydrogens (tertiary/aromatic N) is 2. The van der Waals surface area contributed by atoms with Crippen molar-refractivity contribution in [3.05, 3.63) is 42.5 Å². The normalized spacial score (nSPS) is 24.1. The highest BCUT2D eigenvalue weighted by atomic mass is 32.2. The molecule has 1 atom stereocenters. The van der Waals surface area contributed by atoms with E-state index in [9.17, 15) is 8.42 Å². The van der Waals surface area contributed by atoms with E-state index in [4.69, 9.17) is 18.9 Å². The number of fused-ring (bicyclic) bond motifs is 2. The zero-order valence-electron chi connectivity index (χ0n) is 16.0. The van der Waals surface area contributed by atoms with Crippen LogP contribution in [-0.2, 0) is 14.8 Å². The Morgan fingerprint density at radius 2 is 1.79 bits per heavy atom.